The fourth-order valence-corrected chi connectivity index (χ4v) is 8.87. The van der Waals surface area contributed by atoms with Crippen LogP contribution in [-0.2, 0) is 17.3 Å². The Morgan fingerprint density at radius 2 is 1.21 bits per heavy atom. The zero-order valence-corrected chi connectivity index (χ0v) is 46.8. The number of aromatic amines is 2. The molecule has 3 aromatic carbocycles. The lowest BCUT2D eigenvalue weighted by Gasteiger charge is -2.21. The summed E-state index contributed by atoms with van der Waals surface area (Å²) in [6, 6.07) is 21.7. The quantitative estimate of drug-likeness (QED) is 0.00975. The third-order valence-electron chi connectivity index (χ3n) is 13.1. The van der Waals surface area contributed by atoms with Gasteiger partial charge in [-0.3, -0.25) is 39.6 Å². The van der Waals surface area contributed by atoms with Crippen LogP contribution in [0.5, 0.6) is 11.5 Å². The summed E-state index contributed by atoms with van der Waals surface area (Å²) in [5.74, 6) is 5.64. The molecule has 416 valence electrons. The Morgan fingerprint density at radius 1 is 0.727 bits per heavy atom. The van der Waals surface area contributed by atoms with Crippen molar-refractivity contribution < 1.29 is 29.3 Å². The van der Waals surface area contributed by atoms with E-state index in [9.17, 15) is 24.5 Å². The summed E-state index contributed by atoms with van der Waals surface area (Å²) in [5.41, 5.74) is 12.5. The lowest BCUT2D eigenvalue weighted by Crippen LogP contribution is -2.33. The van der Waals surface area contributed by atoms with Crippen LogP contribution in [0.1, 0.15) is 218 Å². The summed E-state index contributed by atoms with van der Waals surface area (Å²) >= 11 is 5.61. The summed E-state index contributed by atoms with van der Waals surface area (Å²) < 4.78 is 9.43. The zero-order chi connectivity index (χ0) is 56.5. The Kier molecular flexibility index (Phi) is 22.6. The van der Waals surface area contributed by atoms with Gasteiger partial charge in [0, 0.05) is 46.5 Å². The van der Waals surface area contributed by atoms with Crippen molar-refractivity contribution >= 4 is 45.6 Å². The third kappa shape index (κ3) is 16.8. The number of carbonyl (C=O) groups excluding carboxylic acids is 3. The number of unbranched alkanes of at least 4 members (excludes halogenated alkanes) is 12. The van der Waals surface area contributed by atoms with Crippen molar-refractivity contribution in [3.05, 3.63) is 134 Å². The van der Waals surface area contributed by atoms with E-state index >= 15 is 0 Å². The molecule has 8 N–H and O–H groups in total. The van der Waals surface area contributed by atoms with E-state index in [0.717, 1.165) is 41.8 Å². The number of amides is 2. The molecule has 2 atom stereocenters. The molecule has 0 aliphatic carbocycles. The van der Waals surface area contributed by atoms with Crippen molar-refractivity contribution in [2.24, 2.45) is 11.6 Å². The number of hydrazine groups is 1. The first kappa shape index (κ1) is 61.0. The maximum Gasteiger partial charge on any atom is 0.270 e. The Morgan fingerprint density at radius 3 is 1.68 bits per heavy atom. The van der Waals surface area contributed by atoms with Gasteiger partial charge < -0.3 is 15.7 Å². The van der Waals surface area contributed by atoms with Gasteiger partial charge in [0.2, 0.25) is 0 Å². The molecular weight excluding hydrogens is 1000 g/mol. The highest BCUT2D eigenvalue weighted by molar-refractivity contribution is 6.68. The van der Waals surface area contributed by atoms with E-state index in [1.807, 2.05) is 35.7 Å². The number of ether oxygens (including phenoxy) is 1. The number of non-ortho nitro benzene ring substituents is 1. The normalized spacial score (nSPS) is 13.1. The van der Waals surface area contributed by atoms with Crippen molar-refractivity contribution in [2.75, 3.05) is 0 Å². The fraction of sp³-hybridized carbons (Fsp3) is 0.482. The number of nitro groups is 1. The van der Waals surface area contributed by atoms with Crippen molar-refractivity contribution in [3.63, 3.8) is 0 Å². The smallest absolute Gasteiger partial charge is 0.270 e. The van der Waals surface area contributed by atoms with Gasteiger partial charge in [-0.15, -0.1) is 26.0 Å². The minimum atomic E-state index is -0.790. The van der Waals surface area contributed by atoms with Gasteiger partial charge in [-0.05, 0) is 74.2 Å². The fourth-order valence-electron chi connectivity index (χ4n) is 8.72. The Balaban J connectivity index is 0.000000221. The molecule has 0 bridgehead atoms. The van der Waals surface area contributed by atoms with E-state index < -0.39 is 16.2 Å². The first-order valence-electron chi connectivity index (χ1n) is 26.6. The van der Waals surface area contributed by atoms with Crippen LogP contribution in [-0.4, -0.2) is 71.7 Å². The first-order valence-corrected chi connectivity index (χ1v) is 26.9. The van der Waals surface area contributed by atoms with Gasteiger partial charge in [0.05, 0.1) is 33.7 Å². The molecule has 77 heavy (non-hydrogen) atoms. The average Bonchev–Trinajstić information content (AvgIpc) is 4.26. The molecule has 8 rings (SSSR count). The molecule has 1 aliphatic heterocycles. The monoisotopic (exact) mass is 1080 g/mol. The Labute approximate surface area is 455 Å². The van der Waals surface area contributed by atoms with Crippen molar-refractivity contribution in [3.8, 4) is 11.5 Å². The van der Waals surface area contributed by atoms with Gasteiger partial charge in [-0.2, -0.15) is 0 Å². The predicted molar refractivity (Wildman–Crippen MR) is 298 cm³/mol. The summed E-state index contributed by atoms with van der Waals surface area (Å²) in [4.78, 5) is 48.7. The van der Waals surface area contributed by atoms with E-state index in [0.29, 0.717) is 28.3 Å². The number of nitrogens with zero attached hydrogens (tertiary/aromatic N) is 8. The van der Waals surface area contributed by atoms with Crippen LogP contribution in [0.15, 0.2) is 78.9 Å². The molecular formula is C56H78ClN13O7. The molecule has 0 fully saturated rings. The summed E-state index contributed by atoms with van der Waals surface area (Å²) in [6.07, 6.45) is 18.3. The number of aromatic nitrogens is 8. The molecule has 0 spiro atoms. The van der Waals surface area contributed by atoms with E-state index in [-0.39, 0.29) is 45.7 Å². The van der Waals surface area contributed by atoms with Crippen LogP contribution in [0.4, 0.5) is 5.69 Å². The number of carbonyl (C=O) groups is 3. The molecule has 2 unspecified atom stereocenters. The Bertz CT molecular complexity index is 3000. The zero-order valence-electron chi connectivity index (χ0n) is 46.1. The number of nitrogens with one attached hydrogen (secondary N) is 3. The highest BCUT2D eigenvalue weighted by atomic mass is 35.5. The number of rotatable bonds is 21. The molecule has 21 heteroatoms. The van der Waals surface area contributed by atoms with Gasteiger partial charge in [0.25, 0.3) is 22.7 Å². The van der Waals surface area contributed by atoms with Crippen LogP contribution >= 0.6 is 11.6 Å². The van der Waals surface area contributed by atoms with E-state index in [1.165, 1.54) is 105 Å². The molecule has 0 radical (unpaired) electrons. The largest absolute Gasteiger partial charge is 0.457 e. The number of halogens is 1. The molecule has 4 aromatic heterocycles. The molecule has 1 aliphatic rings. The lowest BCUT2D eigenvalue weighted by atomic mass is 9.93. The Hall–Kier alpha value is -6.84. The number of imide groups is 1. The molecule has 20 nitrogen and oxygen atoms in total. The van der Waals surface area contributed by atoms with Crippen LogP contribution in [0.3, 0.4) is 0 Å². The number of hydrogen-bond acceptors (Lipinski definition) is 14. The SMILES string of the molecule is CC(N)c1nnc2cc(C(C)(C)C)[nH]n12.CC(c1nnc2cc(C(C)(C)C)[nH]n12)N1C(=O)c2ccccc2C1=O.CCCCCCCCCCCCCCCc1cccc(Oc2ccc([N+](=O)[O-])cc2C(=O)Cl)c1.NNO. The number of fused-ring (bicyclic) bond motifs is 3. The lowest BCUT2D eigenvalue weighted by molar-refractivity contribution is -0.384. The van der Waals surface area contributed by atoms with Crippen molar-refractivity contribution in [2.45, 2.75) is 175 Å². The van der Waals surface area contributed by atoms with E-state index in [4.69, 9.17) is 27.3 Å². The number of benzene rings is 3. The minimum Gasteiger partial charge on any atom is -0.457 e. The predicted octanol–water partition coefficient (Wildman–Crippen LogP) is 12.3. The van der Waals surface area contributed by atoms with Gasteiger partial charge in [-0.1, -0.05) is 150 Å². The molecule has 2 amide bonds. The van der Waals surface area contributed by atoms with Gasteiger partial charge in [-0.25, -0.2) is 14.9 Å². The molecule has 0 saturated heterocycles. The van der Waals surface area contributed by atoms with Crippen LogP contribution < -0.4 is 21.9 Å². The topological polar surface area (TPSA) is 283 Å². The second-order valence-corrected chi connectivity index (χ2v) is 21.8. The number of nitro benzene ring substituents is 1. The molecule has 0 saturated carbocycles. The van der Waals surface area contributed by atoms with Crippen LogP contribution in [0, 0.1) is 10.1 Å². The highest BCUT2D eigenvalue weighted by Crippen LogP contribution is 2.33. The van der Waals surface area contributed by atoms with Crippen LogP contribution in [0.25, 0.3) is 11.3 Å². The van der Waals surface area contributed by atoms with Crippen molar-refractivity contribution in [1.82, 2.24) is 50.1 Å². The number of H-pyrrole nitrogens is 2. The van der Waals surface area contributed by atoms with Gasteiger partial charge in [0.1, 0.15) is 11.5 Å². The highest BCUT2D eigenvalue weighted by Gasteiger charge is 2.40. The average molecular weight is 1080 g/mol. The van der Waals surface area contributed by atoms with Crippen molar-refractivity contribution in [1.29, 1.82) is 0 Å². The maximum absolute atomic E-state index is 12.7. The summed E-state index contributed by atoms with van der Waals surface area (Å²) in [6.45, 7) is 18.7. The summed E-state index contributed by atoms with van der Waals surface area (Å²) in [5, 5.41) is 40.3. The minimum absolute atomic E-state index is 0.0160. The first-order chi connectivity index (χ1) is 36.6. The number of hydrogen-bond donors (Lipinski definition) is 6. The van der Waals surface area contributed by atoms with Crippen LogP contribution in [0.2, 0.25) is 0 Å². The van der Waals surface area contributed by atoms with E-state index in [1.54, 1.807) is 41.8 Å². The second kappa shape index (κ2) is 28.5. The second-order valence-electron chi connectivity index (χ2n) is 21.4. The third-order valence-corrected chi connectivity index (χ3v) is 13.3. The number of aryl methyl sites for hydroxylation is 1. The van der Waals surface area contributed by atoms with Gasteiger partial charge >= 0.3 is 0 Å². The molecule has 7 aromatic rings. The number of nitrogens with two attached hydrogens (primary N) is 2. The maximum atomic E-state index is 12.7. The van der Waals surface area contributed by atoms with Gasteiger partial charge in [0.15, 0.2) is 22.9 Å². The standard InChI is InChI=1S/C28H38ClNO4.C18H19N5O2.C10H17N5.H4N2O/c1-2-3-4-5-6-7-8-9-10-11-12-13-14-16-23-17-15-18-25(21-23)34-27-20-19-24(30(32)33)22-26(27)28(29)31;1-10(22-16(24)11-7-5-6-8-12(11)17(22)25)15-20-19-14-9-13(18(2,3)4)21-23(14)15;1-6(11)9-13-12-8-5-7(10(2,3)4)14-15(8)9;1-2-3/h15,17-22H,2-14,16H2,1H3;5-10,21H,1-4H3;5-6,14H,11H2,1-4H3;2-3H,1H2. The van der Waals surface area contributed by atoms with E-state index in [2.05, 4.69) is 91.0 Å². The molecule has 5 heterocycles. The summed E-state index contributed by atoms with van der Waals surface area (Å²) in [7, 11) is 0.